The van der Waals surface area contributed by atoms with Gasteiger partial charge in [-0.15, -0.1) is 0 Å². The lowest BCUT2D eigenvalue weighted by Gasteiger charge is -2.46. The Kier molecular flexibility index (Phi) is 12.7. The fourth-order valence-corrected chi connectivity index (χ4v) is 6.79. The molecule has 0 amide bonds. The fraction of sp³-hybridized carbons (Fsp3) is 0.234. The molecular weight excluding hydrogens is 661 g/mol. The SMILES string of the molecule is Oc1ccc(Cc2cccc([C@@H]3O[C@H](COCc4ccccc4)C(OCc4ccccc4)[C@H](OCc4ccccc4)[C@H]3OCc3ccccc3)c2)cc1. The summed E-state index contributed by atoms with van der Waals surface area (Å²) in [6.07, 6.45) is -1.78. The maximum atomic E-state index is 9.85. The van der Waals surface area contributed by atoms with Gasteiger partial charge in [-0.3, -0.25) is 0 Å². The molecule has 270 valence electrons. The number of benzene rings is 6. The molecule has 6 nitrogen and oxygen atoms in total. The van der Waals surface area contributed by atoms with Gasteiger partial charge < -0.3 is 28.8 Å². The molecule has 0 bridgehead atoms. The summed E-state index contributed by atoms with van der Waals surface area (Å²) in [5.74, 6) is 0.252. The zero-order chi connectivity index (χ0) is 36.1. The number of phenols is 1. The minimum absolute atomic E-state index is 0.252. The molecule has 1 unspecified atom stereocenters. The van der Waals surface area contributed by atoms with E-state index in [1.165, 1.54) is 0 Å². The van der Waals surface area contributed by atoms with Gasteiger partial charge >= 0.3 is 0 Å². The summed E-state index contributed by atoms with van der Waals surface area (Å²) in [4.78, 5) is 0. The summed E-state index contributed by atoms with van der Waals surface area (Å²) in [7, 11) is 0. The molecule has 0 saturated carbocycles. The second-order valence-corrected chi connectivity index (χ2v) is 13.5. The summed E-state index contributed by atoms with van der Waals surface area (Å²) >= 11 is 0. The molecule has 1 N–H and O–H groups in total. The van der Waals surface area contributed by atoms with Crippen molar-refractivity contribution in [1.82, 2.24) is 0 Å². The summed E-state index contributed by atoms with van der Waals surface area (Å²) < 4.78 is 34.2. The van der Waals surface area contributed by atoms with E-state index in [9.17, 15) is 5.11 Å². The van der Waals surface area contributed by atoms with Crippen LogP contribution in [0.1, 0.15) is 45.0 Å². The highest BCUT2D eigenvalue weighted by Gasteiger charge is 2.49. The quantitative estimate of drug-likeness (QED) is 0.108. The molecule has 1 saturated heterocycles. The molecular formula is C47H46O6. The van der Waals surface area contributed by atoms with Gasteiger partial charge in [-0.1, -0.05) is 158 Å². The van der Waals surface area contributed by atoms with E-state index >= 15 is 0 Å². The number of rotatable bonds is 16. The normalized spacial score (nSPS) is 19.9. The lowest BCUT2D eigenvalue weighted by atomic mass is 9.89. The topological polar surface area (TPSA) is 66.4 Å². The van der Waals surface area contributed by atoms with E-state index in [1.54, 1.807) is 12.1 Å². The van der Waals surface area contributed by atoms with Gasteiger partial charge in [0, 0.05) is 0 Å². The largest absolute Gasteiger partial charge is 0.508 e. The minimum atomic E-state index is -0.519. The first-order valence-electron chi connectivity index (χ1n) is 18.3. The summed E-state index contributed by atoms with van der Waals surface area (Å²) in [5.41, 5.74) is 7.48. The van der Waals surface area contributed by atoms with Crippen molar-refractivity contribution >= 4 is 0 Å². The van der Waals surface area contributed by atoms with Crippen molar-refractivity contribution in [1.29, 1.82) is 0 Å². The van der Waals surface area contributed by atoms with Crippen molar-refractivity contribution in [2.75, 3.05) is 6.61 Å². The van der Waals surface area contributed by atoms with Crippen molar-refractivity contribution in [3.63, 3.8) is 0 Å². The number of ether oxygens (including phenoxy) is 5. The van der Waals surface area contributed by atoms with Crippen molar-refractivity contribution in [2.24, 2.45) is 0 Å². The molecule has 0 spiro atoms. The maximum absolute atomic E-state index is 9.85. The average molecular weight is 707 g/mol. The molecule has 6 aromatic carbocycles. The summed E-state index contributed by atoms with van der Waals surface area (Å²) in [6, 6.07) is 56.6. The van der Waals surface area contributed by atoms with Crippen molar-refractivity contribution < 1.29 is 28.8 Å². The first-order chi connectivity index (χ1) is 26.2. The number of phenolic OH excluding ortho intramolecular Hbond substituents is 1. The van der Waals surface area contributed by atoms with Crippen LogP contribution < -0.4 is 0 Å². The van der Waals surface area contributed by atoms with E-state index in [-0.39, 0.29) is 5.75 Å². The molecule has 0 aliphatic carbocycles. The smallest absolute Gasteiger partial charge is 0.117 e. The Labute approximate surface area is 312 Å². The van der Waals surface area contributed by atoms with Gasteiger partial charge in [0.05, 0.1) is 33.0 Å². The predicted octanol–water partition coefficient (Wildman–Crippen LogP) is 9.40. The zero-order valence-electron chi connectivity index (χ0n) is 29.8. The highest BCUT2D eigenvalue weighted by Crippen LogP contribution is 2.39. The Morgan fingerprint density at radius 3 is 1.45 bits per heavy atom. The Morgan fingerprint density at radius 1 is 0.434 bits per heavy atom. The molecule has 53 heavy (non-hydrogen) atoms. The van der Waals surface area contributed by atoms with Crippen LogP contribution in [0.2, 0.25) is 0 Å². The molecule has 1 fully saturated rings. The van der Waals surface area contributed by atoms with Gasteiger partial charge in [-0.05, 0) is 57.5 Å². The molecule has 7 rings (SSSR count). The number of aromatic hydroxyl groups is 1. The molecule has 6 aromatic rings. The molecule has 5 atom stereocenters. The number of hydrogen-bond acceptors (Lipinski definition) is 6. The third-order valence-electron chi connectivity index (χ3n) is 9.51. The highest BCUT2D eigenvalue weighted by molar-refractivity contribution is 5.34. The summed E-state index contributed by atoms with van der Waals surface area (Å²) in [5, 5.41) is 9.85. The van der Waals surface area contributed by atoms with Crippen LogP contribution in [0.4, 0.5) is 0 Å². The standard InChI is InChI=1S/C47H46O6/c48-42-26-24-35(25-27-42)28-40-22-13-23-41(29-40)44-46(51-32-38-18-9-3-10-19-38)47(52-33-39-20-11-4-12-21-39)45(50-31-37-16-7-2-8-17-37)43(53-44)34-49-30-36-14-5-1-6-15-36/h1-27,29,43-48H,28,30-34H2/t43-,44+,45?,46+,47+/m1/s1. The van der Waals surface area contributed by atoms with Crippen LogP contribution in [0.25, 0.3) is 0 Å². The molecule has 0 radical (unpaired) electrons. The number of hydrogen-bond donors (Lipinski definition) is 1. The fourth-order valence-electron chi connectivity index (χ4n) is 6.79. The Balaban J connectivity index is 1.24. The third kappa shape index (κ3) is 10.3. The first-order valence-corrected chi connectivity index (χ1v) is 18.3. The molecule has 1 aliphatic rings. The summed E-state index contributed by atoms with van der Waals surface area (Å²) in [6.45, 7) is 1.89. The lowest BCUT2D eigenvalue weighted by Crippen LogP contribution is -2.58. The Morgan fingerprint density at radius 2 is 0.906 bits per heavy atom. The first kappa shape index (κ1) is 36.3. The molecule has 1 heterocycles. The van der Waals surface area contributed by atoms with Gasteiger partial charge in [0.1, 0.15) is 36.3 Å². The molecule has 6 heteroatoms. The van der Waals surface area contributed by atoms with Crippen LogP contribution in [-0.2, 0) is 56.5 Å². The van der Waals surface area contributed by atoms with Crippen molar-refractivity contribution in [3.05, 3.63) is 209 Å². The van der Waals surface area contributed by atoms with Gasteiger partial charge in [0.2, 0.25) is 0 Å². The molecule has 1 aliphatic heterocycles. The van der Waals surface area contributed by atoms with E-state index in [1.807, 2.05) is 84.9 Å². The van der Waals surface area contributed by atoms with Gasteiger partial charge in [-0.2, -0.15) is 0 Å². The maximum Gasteiger partial charge on any atom is 0.117 e. The second-order valence-electron chi connectivity index (χ2n) is 13.5. The minimum Gasteiger partial charge on any atom is -0.508 e. The van der Waals surface area contributed by atoms with Crippen LogP contribution in [-0.4, -0.2) is 36.1 Å². The Bertz CT molecular complexity index is 1940. The van der Waals surface area contributed by atoms with Crippen LogP contribution in [0.5, 0.6) is 5.75 Å². The molecule has 0 aromatic heterocycles. The van der Waals surface area contributed by atoms with E-state index in [2.05, 4.69) is 72.8 Å². The third-order valence-corrected chi connectivity index (χ3v) is 9.51. The van der Waals surface area contributed by atoms with E-state index in [4.69, 9.17) is 23.7 Å². The van der Waals surface area contributed by atoms with Crippen molar-refractivity contribution in [2.45, 2.75) is 63.4 Å². The average Bonchev–Trinajstić information content (AvgIpc) is 3.21. The highest BCUT2D eigenvalue weighted by atomic mass is 16.6. The van der Waals surface area contributed by atoms with Crippen molar-refractivity contribution in [3.8, 4) is 5.75 Å². The van der Waals surface area contributed by atoms with E-state index < -0.39 is 30.5 Å². The van der Waals surface area contributed by atoms with Crippen LogP contribution in [0, 0.1) is 0 Å². The van der Waals surface area contributed by atoms with Crippen LogP contribution >= 0.6 is 0 Å². The predicted molar refractivity (Wildman–Crippen MR) is 206 cm³/mol. The van der Waals surface area contributed by atoms with Gasteiger partial charge in [0.25, 0.3) is 0 Å². The van der Waals surface area contributed by atoms with Gasteiger partial charge in [-0.25, -0.2) is 0 Å². The van der Waals surface area contributed by atoms with Gasteiger partial charge in [0.15, 0.2) is 0 Å². The van der Waals surface area contributed by atoms with E-state index in [0.29, 0.717) is 39.5 Å². The van der Waals surface area contributed by atoms with Crippen LogP contribution in [0.15, 0.2) is 170 Å². The monoisotopic (exact) mass is 706 g/mol. The van der Waals surface area contributed by atoms with Crippen LogP contribution in [0.3, 0.4) is 0 Å². The zero-order valence-corrected chi connectivity index (χ0v) is 29.8. The Hall–Kier alpha value is -5.08. The second kappa shape index (κ2) is 18.6. The lowest BCUT2D eigenvalue weighted by molar-refractivity contribution is -0.275. The van der Waals surface area contributed by atoms with E-state index in [0.717, 1.165) is 38.9 Å².